The van der Waals surface area contributed by atoms with Gasteiger partial charge in [-0.3, -0.25) is 14.5 Å². The van der Waals surface area contributed by atoms with Gasteiger partial charge in [0.25, 0.3) is 0 Å². The zero-order chi connectivity index (χ0) is 33.5. The van der Waals surface area contributed by atoms with Crippen LogP contribution in [0.25, 0.3) is 11.0 Å². The monoisotopic (exact) mass is 647 g/mol. The molecule has 0 unspecified atom stereocenters. The average Bonchev–Trinajstić information content (AvgIpc) is 3.55. The van der Waals surface area contributed by atoms with Gasteiger partial charge >= 0.3 is 0 Å². The standard InChI is InChI=1S/C38H41N5O5/c1-46-33-22-29(23-34(47-2)37(33)48-3)36(38(45)39-24-26-12-6-4-7-13-26)43(30-20-18-28(19-21-30)27-14-8-5-9-15-27)35(44)25-42-32-17-11-10-16-31(32)40-41-42/h4,6-7,10-13,16-23,27,36H,5,8-9,14-15,24-25H2,1-3H3,(H,39,45)/t36-/m0/s1. The summed E-state index contributed by atoms with van der Waals surface area (Å²) in [6.07, 6.45) is 6.00. The van der Waals surface area contributed by atoms with Crippen LogP contribution in [0.3, 0.4) is 0 Å². The number of nitrogens with one attached hydrogen (secondary N) is 1. The summed E-state index contributed by atoms with van der Waals surface area (Å²) in [6, 6.07) is 27.5. The molecule has 2 amide bonds. The van der Waals surface area contributed by atoms with E-state index in [2.05, 4.69) is 27.8 Å². The first-order valence-corrected chi connectivity index (χ1v) is 16.3. The number of nitrogens with zero attached hydrogens (tertiary/aromatic N) is 4. The van der Waals surface area contributed by atoms with E-state index in [-0.39, 0.29) is 24.9 Å². The number of ether oxygens (including phenoxy) is 3. The summed E-state index contributed by atoms with van der Waals surface area (Å²) < 4.78 is 18.5. The Balaban J connectivity index is 1.46. The van der Waals surface area contributed by atoms with E-state index in [1.165, 1.54) is 46.2 Å². The number of aromatic nitrogens is 3. The number of carbonyl (C=O) groups excluding carboxylic acids is 2. The highest BCUT2D eigenvalue weighted by Crippen LogP contribution is 2.42. The molecule has 0 radical (unpaired) electrons. The van der Waals surface area contributed by atoms with Gasteiger partial charge < -0.3 is 19.5 Å². The first-order chi connectivity index (χ1) is 23.5. The molecule has 1 aliphatic carbocycles. The third-order valence-electron chi connectivity index (χ3n) is 9.04. The van der Waals surface area contributed by atoms with Crippen molar-refractivity contribution in [1.82, 2.24) is 20.3 Å². The average molecular weight is 648 g/mol. The number of carbonyl (C=O) groups is 2. The van der Waals surface area contributed by atoms with Gasteiger partial charge in [-0.25, -0.2) is 4.68 Å². The van der Waals surface area contributed by atoms with Gasteiger partial charge in [-0.1, -0.05) is 79.1 Å². The van der Waals surface area contributed by atoms with E-state index in [1.807, 2.05) is 66.7 Å². The molecule has 1 heterocycles. The van der Waals surface area contributed by atoms with Gasteiger partial charge in [-0.05, 0) is 71.8 Å². The Morgan fingerprint density at radius 2 is 1.52 bits per heavy atom. The fourth-order valence-corrected chi connectivity index (χ4v) is 6.58. The molecule has 1 saturated carbocycles. The lowest BCUT2D eigenvalue weighted by atomic mass is 9.84. The summed E-state index contributed by atoms with van der Waals surface area (Å²) in [5.41, 5.74) is 4.64. The summed E-state index contributed by atoms with van der Waals surface area (Å²) in [5.74, 6) is 0.894. The largest absolute Gasteiger partial charge is 0.493 e. The molecule has 4 aromatic carbocycles. The number of hydrogen-bond acceptors (Lipinski definition) is 7. The predicted molar refractivity (Wildman–Crippen MR) is 184 cm³/mol. The van der Waals surface area contributed by atoms with Crippen molar-refractivity contribution in [3.63, 3.8) is 0 Å². The normalized spacial score (nSPS) is 13.9. The minimum absolute atomic E-state index is 0.141. The minimum atomic E-state index is -1.11. The summed E-state index contributed by atoms with van der Waals surface area (Å²) in [7, 11) is 4.57. The number of rotatable bonds is 12. The third kappa shape index (κ3) is 6.97. The maximum Gasteiger partial charge on any atom is 0.249 e. The number of hydrogen-bond donors (Lipinski definition) is 1. The van der Waals surface area contributed by atoms with Crippen LogP contribution >= 0.6 is 0 Å². The quantitative estimate of drug-likeness (QED) is 0.163. The molecule has 1 atom stereocenters. The summed E-state index contributed by atoms with van der Waals surface area (Å²) in [5, 5.41) is 11.6. The number of benzene rings is 4. The van der Waals surface area contributed by atoms with Crippen LogP contribution in [0, 0.1) is 0 Å². The minimum Gasteiger partial charge on any atom is -0.493 e. The molecule has 48 heavy (non-hydrogen) atoms. The maximum atomic E-state index is 14.6. The number of anilines is 1. The lowest BCUT2D eigenvalue weighted by molar-refractivity contribution is -0.127. The van der Waals surface area contributed by atoms with Crippen LogP contribution < -0.4 is 24.4 Å². The molecule has 10 heteroatoms. The lowest BCUT2D eigenvalue weighted by Gasteiger charge is -2.32. The Kier molecular flexibility index (Phi) is 10.2. The zero-order valence-corrected chi connectivity index (χ0v) is 27.6. The van der Waals surface area contributed by atoms with Crippen molar-refractivity contribution in [2.75, 3.05) is 26.2 Å². The first kappa shape index (κ1) is 32.6. The number of amides is 2. The fourth-order valence-electron chi connectivity index (χ4n) is 6.58. The van der Waals surface area contributed by atoms with E-state index in [9.17, 15) is 9.59 Å². The molecule has 1 aromatic heterocycles. The van der Waals surface area contributed by atoms with Gasteiger partial charge in [0.15, 0.2) is 11.5 Å². The molecule has 10 nitrogen and oxygen atoms in total. The van der Waals surface area contributed by atoms with Crippen LogP contribution in [0.5, 0.6) is 17.2 Å². The maximum absolute atomic E-state index is 14.6. The topological polar surface area (TPSA) is 108 Å². The molecule has 5 aromatic rings. The van der Waals surface area contributed by atoms with Gasteiger partial charge in [0.1, 0.15) is 18.1 Å². The molecule has 0 spiro atoms. The van der Waals surface area contributed by atoms with Crippen molar-refractivity contribution in [2.24, 2.45) is 0 Å². The van der Waals surface area contributed by atoms with E-state index in [0.717, 1.165) is 23.9 Å². The van der Waals surface area contributed by atoms with Crippen molar-refractivity contribution in [3.8, 4) is 17.2 Å². The Bertz CT molecular complexity index is 1830. The highest BCUT2D eigenvalue weighted by molar-refractivity contribution is 6.01. The Hall–Kier alpha value is -5.38. The smallest absolute Gasteiger partial charge is 0.249 e. The zero-order valence-electron chi connectivity index (χ0n) is 27.6. The Morgan fingerprint density at radius 3 is 2.19 bits per heavy atom. The number of fused-ring (bicyclic) bond motifs is 1. The van der Waals surface area contributed by atoms with Gasteiger partial charge in [-0.2, -0.15) is 0 Å². The van der Waals surface area contributed by atoms with Crippen molar-refractivity contribution in [2.45, 2.75) is 57.2 Å². The van der Waals surface area contributed by atoms with Gasteiger partial charge in [-0.15, -0.1) is 5.10 Å². The molecular formula is C38H41N5O5. The van der Waals surface area contributed by atoms with Gasteiger partial charge in [0.2, 0.25) is 17.6 Å². The van der Waals surface area contributed by atoms with Crippen molar-refractivity contribution in [3.05, 3.63) is 108 Å². The second kappa shape index (κ2) is 15.0. The van der Waals surface area contributed by atoms with Gasteiger partial charge in [0.05, 0.1) is 26.8 Å². The van der Waals surface area contributed by atoms with Crippen LogP contribution in [-0.4, -0.2) is 48.1 Å². The van der Waals surface area contributed by atoms with Crippen LogP contribution in [0.4, 0.5) is 5.69 Å². The van der Waals surface area contributed by atoms with Crippen molar-refractivity contribution < 1.29 is 23.8 Å². The molecule has 248 valence electrons. The van der Waals surface area contributed by atoms with E-state index < -0.39 is 6.04 Å². The molecule has 1 aliphatic rings. The van der Waals surface area contributed by atoms with E-state index in [0.29, 0.717) is 39.9 Å². The van der Waals surface area contributed by atoms with Crippen LogP contribution in [0.2, 0.25) is 0 Å². The Labute approximate surface area is 280 Å². The van der Waals surface area contributed by atoms with E-state index in [1.54, 1.807) is 21.7 Å². The fraction of sp³-hybridized carbons (Fsp3) is 0.316. The first-order valence-electron chi connectivity index (χ1n) is 16.3. The van der Waals surface area contributed by atoms with Crippen LogP contribution in [0.15, 0.2) is 91.0 Å². The highest BCUT2D eigenvalue weighted by atomic mass is 16.5. The molecular weight excluding hydrogens is 606 g/mol. The number of para-hydroxylation sites is 1. The molecule has 1 fully saturated rings. The van der Waals surface area contributed by atoms with Gasteiger partial charge in [0, 0.05) is 12.2 Å². The SMILES string of the molecule is COc1cc([C@@H](C(=O)NCc2ccccc2)N(C(=O)Cn2nnc3ccccc32)c2ccc(C3CCCCC3)cc2)cc(OC)c1OC. The molecule has 0 bridgehead atoms. The van der Waals surface area contributed by atoms with Crippen molar-refractivity contribution >= 4 is 28.5 Å². The summed E-state index contributed by atoms with van der Waals surface area (Å²) >= 11 is 0. The third-order valence-corrected chi connectivity index (χ3v) is 9.04. The molecule has 6 rings (SSSR count). The lowest BCUT2D eigenvalue weighted by Crippen LogP contribution is -2.45. The number of methoxy groups -OCH3 is 3. The van der Waals surface area contributed by atoms with E-state index in [4.69, 9.17) is 14.2 Å². The summed E-state index contributed by atoms with van der Waals surface area (Å²) in [4.78, 5) is 30.6. The van der Waals surface area contributed by atoms with Crippen molar-refractivity contribution in [1.29, 1.82) is 0 Å². The Morgan fingerprint density at radius 1 is 0.854 bits per heavy atom. The molecule has 0 aliphatic heterocycles. The second-order valence-electron chi connectivity index (χ2n) is 12.0. The summed E-state index contributed by atoms with van der Waals surface area (Å²) in [6.45, 7) is 0.134. The molecule has 0 saturated heterocycles. The molecule has 1 N–H and O–H groups in total. The van der Waals surface area contributed by atoms with Crippen LogP contribution in [-0.2, 0) is 22.7 Å². The van der Waals surface area contributed by atoms with E-state index >= 15 is 0 Å². The second-order valence-corrected chi connectivity index (χ2v) is 12.0. The van der Waals surface area contributed by atoms with Crippen LogP contribution in [0.1, 0.15) is 60.8 Å². The predicted octanol–water partition coefficient (Wildman–Crippen LogP) is 6.60. The highest BCUT2D eigenvalue weighted by Gasteiger charge is 2.35.